The summed E-state index contributed by atoms with van der Waals surface area (Å²) in [7, 11) is 0. The van der Waals surface area contributed by atoms with E-state index in [1.54, 1.807) is 24.0 Å². The number of thioether (sulfide) groups is 1. The molecule has 0 spiro atoms. The standard InChI is InChI=1S/C23H29FN2O2S/c1-4-17(2)25-23(28)18(3)26(14-19-10-12-21(24)13-11-19)22(27)16-29-15-20-8-6-5-7-9-20/h5-13,17-18H,4,14-16H2,1-3H3,(H,25,28)/t17-,18-/m1/s1. The molecule has 0 fully saturated rings. The average molecular weight is 417 g/mol. The maximum Gasteiger partial charge on any atom is 0.242 e. The highest BCUT2D eigenvalue weighted by molar-refractivity contribution is 7.99. The van der Waals surface area contributed by atoms with E-state index in [1.165, 1.54) is 23.9 Å². The minimum Gasteiger partial charge on any atom is -0.352 e. The molecular weight excluding hydrogens is 387 g/mol. The first-order valence-electron chi connectivity index (χ1n) is 9.86. The largest absolute Gasteiger partial charge is 0.352 e. The van der Waals surface area contributed by atoms with Crippen LogP contribution in [0.5, 0.6) is 0 Å². The van der Waals surface area contributed by atoms with Gasteiger partial charge in [-0.2, -0.15) is 0 Å². The van der Waals surface area contributed by atoms with E-state index in [-0.39, 0.29) is 36.0 Å². The lowest BCUT2D eigenvalue weighted by molar-refractivity contribution is -0.138. The molecule has 0 aliphatic rings. The number of hydrogen-bond donors (Lipinski definition) is 1. The van der Waals surface area contributed by atoms with Gasteiger partial charge < -0.3 is 10.2 Å². The Balaban J connectivity index is 2.06. The van der Waals surface area contributed by atoms with Crippen LogP contribution >= 0.6 is 11.8 Å². The monoisotopic (exact) mass is 416 g/mol. The van der Waals surface area contributed by atoms with E-state index >= 15 is 0 Å². The van der Waals surface area contributed by atoms with Gasteiger partial charge in [0.15, 0.2) is 0 Å². The van der Waals surface area contributed by atoms with Gasteiger partial charge in [-0.15, -0.1) is 11.8 Å². The topological polar surface area (TPSA) is 49.4 Å². The molecule has 0 bridgehead atoms. The minimum absolute atomic E-state index is 0.0418. The van der Waals surface area contributed by atoms with E-state index in [0.29, 0.717) is 0 Å². The Bertz CT molecular complexity index is 783. The molecule has 0 radical (unpaired) electrons. The third-order valence-electron chi connectivity index (χ3n) is 4.77. The van der Waals surface area contributed by atoms with Crippen molar-refractivity contribution in [3.63, 3.8) is 0 Å². The van der Waals surface area contributed by atoms with Gasteiger partial charge in [0.2, 0.25) is 11.8 Å². The van der Waals surface area contributed by atoms with E-state index in [4.69, 9.17) is 0 Å². The molecule has 2 amide bonds. The molecule has 0 heterocycles. The molecule has 2 rings (SSSR count). The van der Waals surface area contributed by atoms with Crippen molar-refractivity contribution in [2.45, 2.75) is 51.6 Å². The number of nitrogens with one attached hydrogen (secondary N) is 1. The molecule has 29 heavy (non-hydrogen) atoms. The first-order valence-corrected chi connectivity index (χ1v) is 11.0. The fourth-order valence-corrected chi connectivity index (χ4v) is 3.62. The van der Waals surface area contributed by atoms with Gasteiger partial charge in [0.1, 0.15) is 11.9 Å². The third kappa shape index (κ3) is 7.54. The molecule has 0 saturated carbocycles. The molecule has 2 aromatic rings. The second-order valence-electron chi connectivity index (χ2n) is 7.12. The van der Waals surface area contributed by atoms with E-state index in [2.05, 4.69) is 5.32 Å². The SMILES string of the molecule is CC[C@@H](C)NC(=O)[C@@H](C)N(Cc1ccc(F)cc1)C(=O)CSCc1ccccc1. The molecule has 2 aromatic carbocycles. The predicted octanol–water partition coefficient (Wildman–Crippen LogP) is 4.39. The van der Waals surface area contributed by atoms with Gasteiger partial charge in [0, 0.05) is 18.3 Å². The van der Waals surface area contributed by atoms with Gasteiger partial charge in [0.05, 0.1) is 5.75 Å². The predicted molar refractivity (Wildman–Crippen MR) is 117 cm³/mol. The van der Waals surface area contributed by atoms with Gasteiger partial charge >= 0.3 is 0 Å². The zero-order valence-electron chi connectivity index (χ0n) is 17.2. The number of amides is 2. The van der Waals surface area contributed by atoms with Crippen LogP contribution in [-0.4, -0.2) is 34.6 Å². The second-order valence-corrected chi connectivity index (χ2v) is 8.11. The van der Waals surface area contributed by atoms with Crippen molar-refractivity contribution in [2.24, 2.45) is 0 Å². The highest BCUT2D eigenvalue weighted by atomic mass is 32.2. The van der Waals surface area contributed by atoms with Gasteiger partial charge in [-0.1, -0.05) is 49.4 Å². The second kappa shape index (κ2) is 11.6. The van der Waals surface area contributed by atoms with Crippen molar-refractivity contribution in [3.8, 4) is 0 Å². The van der Waals surface area contributed by atoms with Crippen LogP contribution < -0.4 is 5.32 Å². The Labute approximate surface area is 176 Å². The number of rotatable bonds is 10. The maximum atomic E-state index is 13.2. The summed E-state index contributed by atoms with van der Waals surface area (Å²) in [5, 5.41) is 2.94. The van der Waals surface area contributed by atoms with Gasteiger partial charge in [-0.3, -0.25) is 9.59 Å². The first-order chi connectivity index (χ1) is 13.9. The number of carbonyl (C=O) groups excluding carboxylic acids is 2. The quantitative estimate of drug-likeness (QED) is 0.625. The average Bonchev–Trinajstić information content (AvgIpc) is 2.73. The van der Waals surface area contributed by atoms with Crippen molar-refractivity contribution in [3.05, 3.63) is 71.5 Å². The Hall–Kier alpha value is -2.34. The Kier molecular flexibility index (Phi) is 9.19. The number of halogens is 1. The van der Waals surface area contributed by atoms with Gasteiger partial charge in [-0.05, 0) is 43.5 Å². The lowest BCUT2D eigenvalue weighted by Crippen LogP contribution is -2.50. The van der Waals surface area contributed by atoms with E-state index in [0.717, 1.165) is 23.3 Å². The lowest BCUT2D eigenvalue weighted by atomic mass is 10.1. The molecule has 2 atom stereocenters. The Morgan fingerprint density at radius 3 is 2.31 bits per heavy atom. The number of hydrogen-bond acceptors (Lipinski definition) is 3. The molecule has 0 aromatic heterocycles. The summed E-state index contributed by atoms with van der Waals surface area (Å²) in [5.74, 6) is 0.388. The smallest absolute Gasteiger partial charge is 0.242 e. The maximum absolute atomic E-state index is 13.2. The van der Waals surface area contributed by atoms with Crippen molar-refractivity contribution in [1.82, 2.24) is 10.2 Å². The van der Waals surface area contributed by atoms with Gasteiger partial charge in [0.25, 0.3) is 0 Å². The van der Waals surface area contributed by atoms with E-state index < -0.39 is 6.04 Å². The van der Waals surface area contributed by atoms with Crippen LogP contribution in [0.2, 0.25) is 0 Å². The molecule has 0 saturated heterocycles. The molecule has 1 N–H and O–H groups in total. The molecule has 6 heteroatoms. The zero-order chi connectivity index (χ0) is 21.2. The van der Waals surface area contributed by atoms with Crippen LogP contribution in [0.4, 0.5) is 4.39 Å². The van der Waals surface area contributed by atoms with Crippen LogP contribution in [-0.2, 0) is 21.9 Å². The third-order valence-corrected chi connectivity index (χ3v) is 5.76. The lowest BCUT2D eigenvalue weighted by Gasteiger charge is -2.29. The van der Waals surface area contributed by atoms with Crippen molar-refractivity contribution < 1.29 is 14.0 Å². The Morgan fingerprint density at radius 1 is 1.03 bits per heavy atom. The summed E-state index contributed by atoms with van der Waals surface area (Å²) in [6, 6.07) is 15.4. The first kappa shape index (κ1) is 22.9. The summed E-state index contributed by atoms with van der Waals surface area (Å²) in [4.78, 5) is 27.2. The van der Waals surface area contributed by atoms with Crippen LogP contribution in [0.3, 0.4) is 0 Å². The normalized spacial score (nSPS) is 12.8. The fraction of sp³-hybridized carbons (Fsp3) is 0.391. The zero-order valence-corrected chi connectivity index (χ0v) is 18.0. The molecule has 4 nitrogen and oxygen atoms in total. The van der Waals surface area contributed by atoms with E-state index in [9.17, 15) is 14.0 Å². The van der Waals surface area contributed by atoms with Crippen molar-refractivity contribution in [2.75, 3.05) is 5.75 Å². The van der Waals surface area contributed by atoms with Crippen LogP contribution in [0.15, 0.2) is 54.6 Å². The van der Waals surface area contributed by atoms with Crippen LogP contribution in [0, 0.1) is 5.82 Å². The van der Waals surface area contributed by atoms with Crippen molar-refractivity contribution in [1.29, 1.82) is 0 Å². The summed E-state index contributed by atoms with van der Waals surface area (Å²) < 4.78 is 13.2. The molecule has 0 aliphatic carbocycles. The molecule has 0 unspecified atom stereocenters. The molecular formula is C23H29FN2O2S. The van der Waals surface area contributed by atoms with E-state index in [1.807, 2.05) is 44.2 Å². The number of carbonyl (C=O) groups is 2. The van der Waals surface area contributed by atoms with Crippen LogP contribution in [0.1, 0.15) is 38.3 Å². The van der Waals surface area contributed by atoms with Crippen molar-refractivity contribution >= 4 is 23.6 Å². The van der Waals surface area contributed by atoms with Gasteiger partial charge in [-0.25, -0.2) is 4.39 Å². The summed E-state index contributed by atoms with van der Waals surface area (Å²) in [5.41, 5.74) is 1.94. The number of nitrogens with zero attached hydrogens (tertiary/aromatic N) is 1. The summed E-state index contributed by atoms with van der Waals surface area (Å²) >= 11 is 1.52. The minimum atomic E-state index is -0.612. The molecule has 156 valence electrons. The summed E-state index contributed by atoms with van der Waals surface area (Å²) in [6.07, 6.45) is 0.817. The fourth-order valence-electron chi connectivity index (χ4n) is 2.75. The Morgan fingerprint density at radius 2 is 1.69 bits per heavy atom. The molecule has 0 aliphatic heterocycles. The van der Waals surface area contributed by atoms with Crippen LogP contribution in [0.25, 0.3) is 0 Å². The highest BCUT2D eigenvalue weighted by Gasteiger charge is 2.26. The summed E-state index contributed by atoms with van der Waals surface area (Å²) in [6.45, 7) is 5.94. The highest BCUT2D eigenvalue weighted by Crippen LogP contribution is 2.16. The number of benzene rings is 2.